The quantitative estimate of drug-likeness (QED) is 0.736. The molecule has 96 valence electrons. The van der Waals surface area contributed by atoms with Gasteiger partial charge in [-0.1, -0.05) is 20.8 Å². The van der Waals surface area contributed by atoms with Crippen LogP contribution >= 0.6 is 0 Å². The maximum atomic E-state index is 11.7. The first kappa shape index (κ1) is 15.4. The Balaban J connectivity index is 3.98. The number of esters is 1. The Morgan fingerprint density at radius 3 is 2.06 bits per heavy atom. The summed E-state index contributed by atoms with van der Waals surface area (Å²) < 4.78 is 5.31. The van der Waals surface area contributed by atoms with Crippen molar-refractivity contribution in [2.75, 3.05) is 6.54 Å². The fraction of sp³-hybridized carbons (Fsp3) is 0.923. The van der Waals surface area contributed by atoms with Crippen LogP contribution in [0.3, 0.4) is 0 Å². The summed E-state index contributed by atoms with van der Waals surface area (Å²) in [5, 5.41) is 3.35. The molecule has 0 aromatic rings. The Labute approximate surface area is 99.9 Å². The van der Waals surface area contributed by atoms with E-state index in [0.717, 1.165) is 0 Å². The maximum Gasteiger partial charge on any atom is 0.310 e. The Morgan fingerprint density at radius 1 is 1.19 bits per heavy atom. The number of ether oxygens (including phenoxy) is 1. The van der Waals surface area contributed by atoms with E-state index < -0.39 is 5.60 Å². The fourth-order valence-corrected chi connectivity index (χ4v) is 1.08. The standard InChI is InChI=1S/C13H27NO2/c1-9(2)11(4)14-8-10(3)12(15)16-13(5,6)7/h9-11,14H,8H2,1-7H3/t10-,11+/m1/s1. The van der Waals surface area contributed by atoms with Crippen LogP contribution in [0.5, 0.6) is 0 Å². The minimum absolute atomic E-state index is 0.0968. The topological polar surface area (TPSA) is 38.3 Å². The zero-order chi connectivity index (χ0) is 12.9. The molecular formula is C13H27NO2. The van der Waals surface area contributed by atoms with Crippen molar-refractivity contribution in [3.05, 3.63) is 0 Å². The number of nitrogens with one attached hydrogen (secondary N) is 1. The molecule has 0 spiro atoms. The van der Waals surface area contributed by atoms with Gasteiger partial charge in [0.25, 0.3) is 0 Å². The molecule has 0 aliphatic carbocycles. The zero-order valence-corrected chi connectivity index (χ0v) is 11.8. The number of carbonyl (C=O) groups excluding carboxylic acids is 1. The average molecular weight is 229 g/mol. The molecule has 0 amide bonds. The Hall–Kier alpha value is -0.570. The zero-order valence-electron chi connectivity index (χ0n) is 11.8. The van der Waals surface area contributed by atoms with Crippen LogP contribution in [0.15, 0.2) is 0 Å². The van der Waals surface area contributed by atoms with Gasteiger partial charge in [0.15, 0.2) is 0 Å². The first-order valence-corrected chi connectivity index (χ1v) is 6.09. The van der Waals surface area contributed by atoms with Crippen molar-refractivity contribution in [2.24, 2.45) is 11.8 Å². The van der Waals surface area contributed by atoms with E-state index in [1.807, 2.05) is 27.7 Å². The lowest BCUT2D eigenvalue weighted by molar-refractivity contribution is -0.159. The van der Waals surface area contributed by atoms with E-state index in [9.17, 15) is 4.79 Å². The molecule has 2 atom stereocenters. The molecule has 0 saturated carbocycles. The summed E-state index contributed by atoms with van der Waals surface area (Å²) in [7, 11) is 0. The molecule has 0 aromatic heterocycles. The monoisotopic (exact) mass is 229 g/mol. The Morgan fingerprint density at radius 2 is 1.69 bits per heavy atom. The van der Waals surface area contributed by atoms with Crippen LogP contribution in [-0.4, -0.2) is 24.2 Å². The van der Waals surface area contributed by atoms with Crippen LogP contribution in [0.4, 0.5) is 0 Å². The molecule has 0 fully saturated rings. The largest absolute Gasteiger partial charge is 0.460 e. The lowest BCUT2D eigenvalue weighted by atomic mass is 10.1. The van der Waals surface area contributed by atoms with E-state index in [1.165, 1.54) is 0 Å². The van der Waals surface area contributed by atoms with Crippen LogP contribution in [0, 0.1) is 11.8 Å². The molecule has 16 heavy (non-hydrogen) atoms. The Bertz CT molecular complexity index is 218. The number of hydrogen-bond donors (Lipinski definition) is 1. The second-order valence-corrected chi connectivity index (χ2v) is 5.88. The molecule has 0 bridgehead atoms. The van der Waals surface area contributed by atoms with Gasteiger partial charge in [-0.15, -0.1) is 0 Å². The maximum absolute atomic E-state index is 11.7. The summed E-state index contributed by atoms with van der Waals surface area (Å²) in [4.78, 5) is 11.7. The summed E-state index contributed by atoms with van der Waals surface area (Å²) in [6.45, 7) is 14.7. The van der Waals surface area contributed by atoms with Crippen LogP contribution in [0.2, 0.25) is 0 Å². The van der Waals surface area contributed by atoms with Crippen molar-refractivity contribution in [1.29, 1.82) is 0 Å². The third kappa shape index (κ3) is 6.83. The van der Waals surface area contributed by atoms with Gasteiger partial charge in [0, 0.05) is 12.6 Å². The lowest BCUT2D eigenvalue weighted by Crippen LogP contribution is -2.38. The van der Waals surface area contributed by atoms with Crippen LogP contribution in [0.1, 0.15) is 48.5 Å². The third-order valence-electron chi connectivity index (χ3n) is 2.56. The predicted octanol–water partition coefficient (Wildman–Crippen LogP) is 2.60. The molecule has 0 saturated heterocycles. The van der Waals surface area contributed by atoms with Crippen LogP contribution in [-0.2, 0) is 9.53 Å². The summed E-state index contributed by atoms with van der Waals surface area (Å²) in [5.74, 6) is 0.349. The van der Waals surface area contributed by atoms with Gasteiger partial charge in [-0.2, -0.15) is 0 Å². The molecule has 0 aliphatic rings. The summed E-state index contributed by atoms with van der Waals surface area (Å²) in [5.41, 5.74) is -0.394. The molecule has 0 radical (unpaired) electrons. The highest BCUT2D eigenvalue weighted by atomic mass is 16.6. The van der Waals surface area contributed by atoms with Gasteiger partial charge in [0.2, 0.25) is 0 Å². The minimum atomic E-state index is -0.394. The summed E-state index contributed by atoms with van der Waals surface area (Å²) in [6, 6.07) is 0.421. The second-order valence-electron chi connectivity index (χ2n) is 5.88. The van der Waals surface area contributed by atoms with Crippen LogP contribution < -0.4 is 5.32 Å². The van der Waals surface area contributed by atoms with Gasteiger partial charge in [0.1, 0.15) is 5.60 Å². The van der Waals surface area contributed by atoms with Crippen molar-refractivity contribution >= 4 is 5.97 Å². The normalized spacial score (nSPS) is 16.0. The average Bonchev–Trinajstić information content (AvgIpc) is 2.10. The fourth-order valence-electron chi connectivity index (χ4n) is 1.08. The first-order valence-electron chi connectivity index (χ1n) is 6.09. The molecule has 3 nitrogen and oxygen atoms in total. The van der Waals surface area contributed by atoms with Crippen molar-refractivity contribution in [2.45, 2.75) is 60.1 Å². The molecule has 0 heterocycles. The second kappa shape index (κ2) is 6.24. The van der Waals surface area contributed by atoms with Crippen molar-refractivity contribution < 1.29 is 9.53 Å². The number of rotatable bonds is 5. The van der Waals surface area contributed by atoms with Crippen molar-refractivity contribution in [3.63, 3.8) is 0 Å². The molecule has 0 aliphatic heterocycles. The van der Waals surface area contributed by atoms with Gasteiger partial charge in [0.05, 0.1) is 5.92 Å². The highest BCUT2D eigenvalue weighted by Gasteiger charge is 2.22. The van der Waals surface area contributed by atoms with Gasteiger partial charge < -0.3 is 10.1 Å². The van der Waals surface area contributed by atoms with Gasteiger partial charge in [-0.05, 0) is 33.6 Å². The summed E-state index contributed by atoms with van der Waals surface area (Å²) >= 11 is 0. The van der Waals surface area contributed by atoms with E-state index in [-0.39, 0.29) is 11.9 Å². The van der Waals surface area contributed by atoms with E-state index in [2.05, 4.69) is 26.1 Å². The van der Waals surface area contributed by atoms with Gasteiger partial charge >= 0.3 is 5.97 Å². The minimum Gasteiger partial charge on any atom is -0.460 e. The van der Waals surface area contributed by atoms with Gasteiger partial charge in [-0.25, -0.2) is 0 Å². The molecule has 0 aromatic carbocycles. The Kier molecular flexibility index (Phi) is 6.01. The van der Waals surface area contributed by atoms with E-state index in [0.29, 0.717) is 18.5 Å². The molecule has 1 N–H and O–H groups in total. The van der Waals surface area contributed by atoms with Crippen molar-refractivity contribution in [3.8, 4) is 0 Å². The highest BCUT2D eigenvalue weighted by Crippen LogP contribution is 2.11. The lowest BCUT2D eigenvalue weighted by Gasteiger charge is -2.24. The van der Waals surface area contributed by atoms with Crippen LogP contribution in [0.25, 0.3) is 0 Å². The summed E-state index contributed by atoms with van der Waals surface area (Å²) in [6.07, 6.45) is 0. The predicted molar refractivity (Wildman–Crippen MR) is 67.3 cm³/mol. The molecule has 0 rings (SSSR count). The van der Waals surface area contributed by atoms with E-state index in [1.54, 1.807) is 0 Å². The molecular weight excluding hydrogens is 202 g/mol. The number of hydrogen-bond acceptors (Lipinski definition) is 3. The smallest absolute Gasteiger partial charge is 0.310 e. The molecule has 0 unspecified atom stereocenters. The van der Waals surface area contributed by atoms with Crippen molar-refractivity contribution in [1.82, 2.24) is 5.32 Å². The highest BCUT2D eigenvalue weighted by molar-refractivity contribution is 5.72. The third-order valence-corrected chi connectivity index (χ3v) is 2.56. The first-order chi connectivity index (χ1) is 7.13. The molecule has 3 heteroatoms. The SMILES string of the molecule is CC(C)[C@H](C)NC[C@@H](C)C(=O)OC(C)(C)C. The van der Waals surface area contributed by atoms with E-state index >= 15 is 0 Å². The number of carbonyl (C=O) groups is 1. The van der Waals surface area contributed by atoms with E-state index in [4.69, 9.17) is 4.74 Å². The van der Waals surface area contributed by atoms with Gasteiger partial charge in [-0.3, -0.25) is 4.79 Å².